The molecule has 0 radical (unpaired) electrons. The number of benzene rings is 1. The van der Waals surface area contributed by atoms with Crippen LogP contribution >= 0.6 is 0 Å². The van der Waals surface area contributed by atoms with Crippen LogP contribution in [0.3, 0.4) is 0 Å². The summed E-state index contributed by atoms with van der Waals surface area (Å²) in [5.74, 6) is 0.710. The van der Waals surface area contributed by atoms with Gasteiger partial charge in [0.05, 0.1) is 5.69 Å². The molecule has 0 bridgehead atoms. The Kier molecular flexibility index (Phi) is 3.92. The molecule has 1 aliphatic rings. The van der Waals surface area contributed by atoms with Crippen LogP contribution in [-0.2, 0) is 10.0 Å². The lowest BCUT2D eigenvalue weighted by Gasteiger charge is -2.15. The Labute approximate surface area is 109 Å². The van der Waals surface area contributed by atoms with E-state index in [1.54, 1.807) is 25.2 Å². The van der Waals surface area contributed by atoms with Crippen molar-refractivity contribution < 1.29 is 8.42 Å². The van der Waals surface area contributed by atoms with Gasteiger partial charge in [0.25, 0.3) is 0 Å². The Morgan fingerprint density at radius 2 is 2.00 bits per heavy atom. The lowest BCUT2D eigenvalue weighted by molar-refractivity contribution is 0.530. The number of para-hydroxylation sites is 1. The zero-order valence-electron chi connectivity index (χ0n) is 10.8. The van der Waals surface area contributed by atoms with E-state index in [2.05, 4.69) is 10.0 Å². The molecule has 5 heteroatoms. The van der Waals surface area contributed by atoms with Gasteiger partial charge in [0.2, 0.25) is 10.0 Å². The topological polar surface area (TPSA) is 58.2 Å². The molecule has 1 aliphatic carbocycles. The van der Waals surface area contributed by atoms with Gasteiger partial charge in [-0.15, -0.1) is 0 Å². The molecule has 2 N–H and O–H groups in total. The van der Waals surface area contributed by atoms with E-state index in [1.807, 2.05) is 13.0 Å². The zero-order valence-corrected chi connectivity index (χ0v) is 11.6. The minimum absolute atomic E-state index is 0.00703. The first-order valence-corrected chi connectivity index (χ1v) is 7.80. The lowest BCUT2D eigenvalue weighted by Crippen LogP contribution is -2.33. The predicted octanol–water partition coefficient (Wildman–Crippen LogP) is 2.20. The number of nitrogens with one attached hydrogen (secondary N) is 2. The number of anilines is 1. The molecule has 0 amide bonds. The van der Waals surface area contributed by atoms with Gasteiger partial charge in [-0.1, -0.05) is 25.0 Å². The van der Waals surface area contributed by atoms with Gasteiger partial charge in [-0.2, -0.15) is 0 Å². The average molecular weight is 268 g/mol. The van der Waals surface area contributed by atoms with Crippen molar-refractivity contribution in [1.29, 1.82) is 0 Å². The van der Waals surface area contributed by atoms with Crippen molar-refractivity contribution in [2.75, 3.05) is 12.4 Å². The molecule has 18 heavy (non-hydrogen) atoms. The first-order valence-electron chi connectivity index (χ1n) is 6.32. The molecule has 1 aromatic carbocycles. The van der Waals surface area contributed by atoms with E-state index < -0.39 is 10.0 Å². The fourth-order valence-corrected chi connectivity index (χ4v) is 3.61. The maximum absolute atomic E-state index is 12.3. The van der Waals surface area contributed by atoms with Crippen molar-refractivity contribution >= 4 is 15.7 Å². The summed E-state index contributed by atoms with van der Waals surface area (Å²) in [4.78, 5) is 0.315. The van der Waals surface area contributed by atoms with Crippen LogP contribution in [0.2, 0.25) is 0 Å². The molecule has 0 aromatic heterocycles. The summed E-state index contributed by atoms with van der Waals surface area (Å²) in [5.41, 5.74) is 0.628. The van der Waals surface area contributed by atoms with Crippen molar-refractivity contribution in [1.82, 2.24) is 4.72 Å². The normalized spacial score (nSPS) is 17.4. The van der Waals surface area contributed by atoms with Crippen molar-refractivity contribution in [2.24, 2.45) is 5.92 Å². The van der Waals surface area contributed by atoms with E-state index in [4.69, 9.17) is 0 Å². The second-order valence-electron chi connectivity index (χ2n) is 4.95. The van der Waals surface area contributed by atoms with Crippen LogP contribution in [0.15, 0.2) is 29.2 Å². The molecule has 0 heterocycles. The maximum Gasteiger partial charge on any atom is 0.242 e. The van der Waals surface area contributed by atoms with Crippen molar-refractivity contribution in [2.45, 2.75) is 37.1 Å². The van der Waals surface area contributed by atoms with E-state index in [0.717, 1.165) is 6.42 Å². The van der Waals surface area contributed by atoms with Crippen LogP contribution < -0.4 is 10.0 Å². The molecule has 1 saturated carbocycles. The predicted molar refractivity (Wildman–Crippen MR) is 73.1 cm³/mol. The Hall–Kier alpha value is -1.07. The Bertz CT molecular complexity index is 509. The minimum atomic E-state index is -3.43. The summed E-state index contributed by atoms with van der Waals surface area (Å²) >= 11 is 0. The van der Waals surface area contributed by atoms with Gasteiger partial charge in [-0.05, 0) is 31.4 Å². The standard InChI is InChI=1S/C13H20N2O2S/c1-10(9-11-7-8-11)15-18(16,17)13-6-4-3-5-12(13)14-2/h3-6,10-11,14-15H,7-9H2,1-2H3. The molecule has 1 unspecified atom stereocenters. The zero-order chi connectivity index (χ0) is 13.2. The Morgan fingerprint density at radius 1 is 1.33 bits per heavy atom. The first kappa shape index (κ1) is 13.4. The SMILES string of the molecule is CNc1ccccc1S(=O)(=O)NC(C)CC1CC1. The quantitative estimate of drug-likeness (QED) is 0.831. The van der Waals surface area contributed by atoms with Gasteiger partial charge in [0.15, 0.2) is 0 Å². The molecular weight excluding hydrogens is 248 g/mol. The third kappa shape index (κ3) is 3.23. The van der Waals surface area contributed by atoms with E-state index in [0.29, 0.717) is 16.5 Å². The van der Waals surface area contributed by atoms with Gasteiger partial charge in [-0.3, -0.25) is 0 Å². The van der Waals surface area contributed by atoms with Crippen molar-refractivity contribution in [3.63, 3.8) is 0 Å². The molecule has 1 fully saturated rings. The highest BCUT2D eigenvalue weighted by atomic mass is 32.2. The van der Waals surface area contributed by atoms with Crippen LogP contribution in [0.5, 0.6) is 0 Å². The highest BCUT2D eigenvalue weighted by Gasteiger charge is 2.26. The van der Waals surface area contributed by atoms with Gasteiger partial charge < -0.3 is 5.32 Å². The van der Waals surface area contributed by atoms with Gasteiger partial charge >= 0.3 is 0 Å². The average Bonchev–Trinajstić information content (AvgIpc) is 3.12. The van der Waals surface area contributed by atoms with E-state index in [-0.39, 0.29) is 6.04 Å². The van der Waals surface area contributed by atoms with Crippen molar-refractivity contribution in [3.05, 3.63) is 24.3 Å². The molecule has 0 aliphatic heterocycles. The van der Waals surface area contributed by atoms with Crippen molar-refractivity contribution in [3.8, 4) is 0 Å². The molecule has 1 aromatic rings. The minimum Gasteiger partial charge on any atom is -0.387 e. The third-order valence-electron chi connectivity index (χ3n) is 3.19. The van der Waals surface area contributed by atoms with Gasteiger partial charge in [0.1, 0.15) is 4.90 Å². The summed E-state index contributed by atoms with van der Waals surface area (Å²) < 4.78 is 27.3. The first-order chi connectivity index (χ1) is 8.53. The van der Waals surface area contributed by atoms with E-state index >= 15 is 0 Å². The molecule has 0 spiro atoms. The highest BCUT2D eigenvalue weighted by molar-refractivity contribution is 7.89. The Balaban J connectivity index is 2.13. The number of hydrogen-bond acceptors (Lipinski definition) is 3. The maximum atomic E-state index is 12.3. The molecular formula is C13H20N2O2S. The fraction of sp³-hybridized carbons (Fsp3) is 0.538. The summed E-state index contributed by atoms with van der Waals surface area (Å²) in [5, 5.41) is 2.91. The second kappa shape index (κ2) is 5.28. The molecule has 100 valence electrons. The van der Waals surface area contributed by atoms with E-state index in [9.17, 15) is 8.42 Å². The van der Waals surface area contributed by atoms with Crippen LogP contribution in [0, 0.1) is 5.92 Å². The van der Waals surface area contributed by atoms with Crippen LogP contribution in [0.1, 0.15) is 26.2 Å². The summed E-state index contributed by atoms with van der Waals surface area (Å²) in [7, 11) is -1.71. The lowest BCUT2D eigenvalue weighted by atomic mass is 10.2. The smallest absolute Gasteiger partial charge is 0.242 e. The van der Waals surface area contributed by atoms with Gasteiger partial charge in [-0.25, -0.2) is 13.1 Å². The van der Waals surface area contributed by atoms with Crippen LogP contribution in [-0.4, -0.2) is 21.5 Å². The fourth-order valence-electron chi connectivity index (χ4n) is 2.14. The monoisotopic (exact) mass is 268 g/mol. The number of hydrogen-bond donors (Lipinski definition) is 2. The molecule has 4 nitrogen and oxygen atoms in total. The third-order valence-corrected chi connectivity index (χ3v) is 4.83. The van der Waals surface area contributed by atoms with E-state index in [1.165, 1.54) is 12.8 Å². The summed E-state index contributed by atoms with van der Waals surface area (Å²) in [6.07, 6.45) is 3.40. The summed E-state index contributed by atoms with van der Waals surface area (Å²) in [6.45, 7) is 1.93. The largest absolute Gasteiger partial charge is 0.387 e. The molecule has 0 saturated heterocycles. The molecule has 1 atom stereocenters. The number of sulfonamides is 1. The highest BCUT2D eigenvalue weighted by Crippen LogP contribution is 2.33. The van der Waals surface area contributed by atoms with Crippen LogP contribution in [0.4, 0.5) is 5.69 Å². The number of rotatable bonds is 6. The summed E-state index contributed by atoms with van der Waals surface area (Å²) in [6, 6.07) is 6.94. The van der Waals surface area contributed by atoms with Gasteiger partial charge in [0, 0.05) is 13.1 Å². The second-order valence-corrected chi connectivity index (χ2v) is 6.63. The van der Waals surface area contributed by atoms with Crippen LogP contribution in [0.25, 0.3) is 0 Å². The molecule has 2 rings (SSSR count). The Morgan fingerprint density at radius 3 is 2.61 bits per heavy atom.